The molecule has 2 aromatic rings. The van der Waals surface area contributed by atoms with E-state index in [1.54, 1.807) is 7.11 Å². The van der Waals surface area contributed by atoms with Crippen molar-refractivity contribution in [2.75, 3.05) is 20.2 Å². The Kier molecular flexibility index (Phi) is 4.76. The molecule has 2 heterocycles. The Bertz CT molecular complexity index is 654. The molecule has 5 nitrogen and oxygen atoms in total. The third kappa shape index (κ3) is 3.62. The van der Waals surface area contributed by atoms with E-state index in [1.807, 2.05) is 4.90 Å². The Morgan fingerprint density at radius 3 is 3.04 bits per heavy atom. The molecule has 1 fully saturated rings. The summed E-state index contributed by atoms with van der Waals surface area (Å²) < 4.78 is 10.4. The van der Waals surface area contributed by atoms with Crippen LogP contribution in [0.4, 0.5) is 0 Å². The summed E-state index contributed by atoms with van der Waals surface area (Å²) >= 11 is 0. The van der Waals surface area contributed by atoms with Gasteiger partial charge in [-0.05, 0) is 25.3 Å². The average Bonchev–Trinajstić information content (AvgIpc) is 3.08. The molecule has 1 aliphatic rings. The first-order valence-electron chi connectivity index (χ1n) is 7.94. The highest BCUT2D eigenvalue weighted by Gasteiger charge is 2.32. The van der Waals surface area contributed by atoms with E-state index in [0.29, 0.717) is 24.6 Å². The van der Waals surface area contributed by atoms with Crippen molar-refractivity contribution in [2.45, 2.75) is 25.9 Å². The minimum Gasteiger partial charge on any atom is -0.381 e. The van der Waals surface area contributed by atoms with Gasteiger partial charge in [0, 0.05) is 26.1 Å². The first-order chi connectivity index (χ1) is 11.2. The molecule has 0 N–H and O–H groups in total. The van der Waals surface area contributed by atoms with Gasteiger partial charge >= 0.3 is 0 Å². The smallest absolute Gasteiger partial charge is 0.258 e. The van der Waals surface area contributed by atoms with E-state index >= 15 is 0 Å². The van der Waals surface area contributed by atoms with Crippen LogP contribution in [0.25, 0.3) is 0 Å². The average molecular weight is 314 g/mol. The number of hydrogen-bond acceptors (Lipinski definition) is 4. The van der Waals surface area contributed by atoms with Gasteiger partial charge in [0.15, 0.2) is 0 Å². The second-order valence-electron chi connectivity index (χ2n) is 6.18. The number of amides is 1. The number of aromatic nitrogens is 1. The number of methoxy groups -OCH3 is 1. The molecular weight excluding hydrogens is 292 g/mol. The van der Waals surface area contributed by atoms with E-state index < -0.39 is 0 Å². The predicted molar refractivity (Wildman–Crippen MR) is 86.2 cm³/mol. The first-order valence-corrected chi connectivity index (χ1v) is 7.94. The van der Waals surface area contributed by atoms with Crippen LogP contribution in [0.5, 0.6) is 0 Å². The van der Waals surface area contributed by atoms with Gasteiger partial charge in [0.2, 0.25) is 0 Å². The largest absolute Gasteiger partial charge is 0.381 e. The maximum absolute atomic E-state index is 12.5. The van der Waals surface area contributed by atoms with E-state index in [0.717, 1.165) is 12.8 Å². The quantitative estimate of drug-likeness (QED) is 0.870. The molecule has 1 aliphatic heterocycles. The number of aryl methyl sites for hydroxylation is 1. The molecule has 0 bridgehead atoms. The highest BCUT2D eigenvalue weighted by Crippen LogP contribution is 2.25. The number of benzene rings is 1. The first kappa shape index (κ1) is 15.7. The summed E-state index contributed by atoms with van der Waals surface area (Å²) in [5, 5.41) is 3.62. The van der Waals surface area contributed by atoms with Gasteiger partial charge in [-0.2, -0.15) is 0 Å². The lowest BCUT2D eigenvalue weighted by Gasteiger charge is -2.37. The summed E-state index contributed by atoms with van der Waals surface area (Å²) in [4.78, 5) is 14.4. The summed E-state index contributed by atoms with van der Waals surface area (Å²) in [6.07, 6.45) is 4.82. The Hall–Kier alpha value is -2.14. The summed E-state index contributed by atoms with van der Waals surface area (Å²) in [7, 11) is 1.76. The van der Waals surface area contributed by atoms with Gasteiger partial charge in [0.25, 0.3) is 5.91 Å². The van der Waals surface area contributed by atoms with Crippen molar-refractivity contribution >= 4 is 5.91 Å². The van der Waals surface area contributed by atoms with Crippen molar-refractivity contribution < 1.29 is 14.1 Å². The fourth-order valence-corrected chi connectivity index (χ4v) is 3.34. The van der Waals surface area contributed by atoms with Crippen LogP contribution >= 0.6 is 0 Å². The van der Waals surface area contributed by atoms with E-state index in [9.17, 15) is 4.79 Å². The zero-order valence-corrected chi connectivity index (χ0v) is 13.6. The number of carbonyl (C=O) groups is 1. The fraction of sp³-hybridized carbons (Fsp3) is 0.444. The Balaban J connectivity index is 1.72. The normalized spacial score (nSPS) is 21.4. The molecule has 5 heteroatoms. The van der Waals surface area contributed by atoms with Gasteiger partial charge < -0.3 is 14.2 Å². The zero-order chi connectivity index (χ0) is 16.2. The third-order valence-corrected chi connectivity index (χ3v) is 4.51. The maximum atomic E-state index is 12.5. The highest BCUT2D eigenvalue weighted by molar-refractivity contribution is 5.93. The van der Waals surface area contributed by atoms with Gasteiger partial charge in [0.1, 0.15) is 6.26 Å². The Labute approximate surface area is 136 Å². The maximum Gasteiger partial charge on any atom is 0.258 e. The number of piperidine rings is 1. The van der Waals surface area contributed by atoms with Crippen molar-refractivity contribution in [1.29, 1.82) is 0 Å². The minimum absolute atomic E-state index is 0.0185. The molecule has 2 atom stereocenters. The molecule has 0 unspecified atom stereocenters. The van der Waals surface area contributed by atoms with E-state index in [2.05, 4.69) is 36.3 Å². The molecule has 23 heavy (non-hydrogen) atoms. The molecule has 1 saturated heterocycles. The minimum atomic E-state index is -0.0185. The van der Waals surface area contributed by atoms with E-state index in [4.69, 9.17) is 9.26 Å². The van der Waals surface area contributed by atoms with Crippen LogP contribution < -0.4 is 0 Å². The van der Waals surface area contributed by atoms with Gasteiger partial charge in [-0.3, -0.25) is 4.79 Å². The molecule has 0 saturated carbocycles. The number of rotatable bonds is 4. The number of nitrogens with zero attached hydrogens (tertiary/aromatic N) is 2. The number of likely N-dealkylation sites (tertiary alicyclic amines) is 1. The zero-order valence-electron chi connectivity index (χ0n) is 13.6. The van der Waals surface area contributed by atoms with Crippen molar-refractivity contribution in [1.82, 2.24) is 10.1 Å². The van der Waals surface area contributed by atoms with Crippen molar-refractivity contribution in [2.24, 2.45) is 5.92 Å². The molecule has 0 radical (unpaired) electrons. The lowest BCUT2D eigenvalue weighted by atomic mass is 9.88. The number of hydrogen-bond donors (Lipinski definition) is 0. The molecule has 0 spiro atoms. The van der Waals surface area contributed by atoms with Gasteiger partial charge in [0.05, 0.1) is 17.9 Å². The number of carbonyl (C=O) groups excluding carboxylic acids is 1. The molecule has 3 rings (SSSR count). The van der Waals surface area contributed by atoms with E-state index in [1.165, 1.54) is 23.6 Å². The van der Waals surface area contributed by atoms with Gasteiger partial charge in [-0.1, -0.05) is 35.0 Å². The monoisotopic (exact) mass is 314 g/mol. The predicted octanol–water partition coefficient (Wildman–Crippen LogP) is 2.70. The Morgan fingerprint density at radius 1 is 1.48 bits per heavy atom. The lowest BCUT2D eigenvalue weighted by Crippen LogP contribution is -2.47. The van der Waals surface area contributed by atoms with E-state index in [-0.39, 0.29) is 12.0 Å². The van der Waals surface area contributed by atoms with Crippen molar-refractivity contribution in [3.8, 4) is 0 Å². The summed E-state index contributed by atoms with van der Waals surface area (Å²) in [6.45, 7) is 3.49. The summed E-state index contributed by atoms with van der Waals surface area (Å²) in [6, 6.07) is 8.52. The van der Waals surface area contributed by atoms with Crippen LogP contribution in [0.2, 0.25) is 0 Å². The van der Waals surface area contributed by atoms with Gasteiger partial charge in [-0.15, -0.1) is 0 Å². The van der Waals surface area contributed by atoms with Crippen LogP contribution in [0.3, 0.4) is 0 Å². The van der Waals surface area contributed by atoms with Crippen LogP contribution in [-0.2, 0) is 11.2 Å². The second-order valence-corrected chi connectivity index (χ2v) is 6.18. The van der Waals surface area contributed by atoms with Crippen LogP contribution in [0, 0.1) is 12.8 Å². The van der Waals surface area contributed by atoms with Crippen molar-refractivity contribution in [3.05, 3.63) is 53.4 Å². The fourth-order valence-electron chi connectivity index (χ4n) is 3.34. The Morgan fingerprint density at radius 2 is 2.35 bits per heavy atom. The SMILES string of the molecule is CO[C@@H]1CCN(C(=O)c2cnoc2)C[C@H]1Cc1cccc(C)c1. The molecule has 122 valence electrons. The number of ether oxygens (including phenoxy) is 1. The van der Waals surface area contributed by atoms with Crippen LogP contribution in [-0.4, -0.2) is 42.3 Å². The molecule has 0 aliphatic carbocycles. The molecule has 1 amide bonds. The third-order valence-electron chi connectivity index (χ3n) is 4.51. The summed E-state index contributed by atoms with van der Waals surface area (Å²) in [5.41, 5.74) is 3.05. The standard InChI is InChI=1S/C18H22N2O3/c1-13-4-3-5-14(8-13)9-15-11-20(7-6-17(15)22-2)18(21)16-10-19-23-12-16/h3-5,8,10,12,15,17H,6-7,9,11H2,1-2H3/t15-,17-/m1/s1. The molecule has 1 aromatic heterocycles. The van der Waals surface area contributed by atoms with Crippen LogP contribution in [0.15, 0.2) is 41.2 Å². The molecular formula is C18H22N2O3. The van der Waals surface area contributed by atoms with Crippen LogP contribution in [0.1, 0.15) is 27.9 Å². The van der Waals surface area contributed by atoms with Crippen molar-refractivity contribution in [3.63, 3.8) is 0 Å². The van der Waals surface area contributed by atoms with Gasteiger partial charge in [-0.25, -0.2) is 0 Å². The summed E-state index contributed by atoms with van der Waals surface area (Å²) in [5.74, 6) is 0.273. The lowest BCUT2D eigenvalue weighted by molar-refractivity contribution is -0.00301. The molecule has 1 aromatic carbocycles. The highest BCUT2D eigenvalue weighted by atomic mass is 16.5. The second kappa shape index (κ2) is 6.96. The topological polar surface area (TPSA) is 55.6 Å².